The first-order valence-corrected chi connectivity index (χ1v) is 6.09. The Balaban J connectivity index is 2.49. The lowest BCUT2D eigenvalue weighted by molar-refractivity contribution is -0.136. The van der Waals surface area contributed by atoms with E-state index in [1.54, 1.807) is 13.0 Å². The number of hydrogen-bond acceptors (Lipinski definition) is 3. The second kappa shape index (κ2) is 5.18. The summed E-state index contributed by atoms with van der Waals surface area (Å²) in [6.45, 7) is 5.84. The largest absolute Gasteiger partial charge is 0.481 e. The van der Waals surface area contributed by atoms with Crippen LogP contribution in [0.2, 0.25) is 0 Å². The van der Waals surface area contributed by atoms with Crippen LogP contribution in [0.1, 0.15) is 22.6 Å². The van der Waals surface area contributed by atoms with Crippen molar-refractivity contribution in [3.8, 4) is 11.3 Å². The van der Waals surface area contributed by atoms with E-state index in [1.165, 1.54) is 5.56 Å². The van der Waals surface area contributed by atoms with Crippen LogP contribution in [-0.2, 0) is 11.2 Å². The van der Waals surface area contributed by atoms with Crippen LogP contribution in [0.15, 0.2) is 24.3 Å². The van der Waals surface area contributed by atoms with Gasteiger partial charge in [-0.05, 0) is 32.4 Å². The molecular formula is C15H16N2O2. The van der Waals surface area contributed by atoms with Gasteiger partial charge in [0, 0.05) is 5.56 Å². The van der Waals surface area contributed by atoms with Gasteiger partial charge >= 0.3 is 5.97 Å². The molecule has 2 rings (SSSR count). The molecule has 0 saturated heterocycles. The number of carboxylic acids is 1. The molecule has 0 unspecified atom stereocenters. The molecule has 2 aromatic rings. The maximum absolute atomic E-state index is 10.8. The summed E-state index contributed by atoms with van der Waals surface area (Å²) in [6, 6.07) is 7.87. The SMILES string of the molecule is Cc1ccc(-c2cc(CC(=O)O)nc(C)n2)c(C)c1. The van der Waals surface area contributed by atoms with Crippen LogP contribution in [0.5, 0.6) is 0 Å². The molecule has 4 heteroatoms. The summed E-state index contributed by atoms with van der Waals surface area (Å²) in [6.07, 6.45) is -0.0821. The van der Waals surface area contributed by atoms with E-state index in [4.69, 9.17) is 5.11 Å². The van der Waals surface area contributed by atoms with E-state index in [2.05, 4.69) is 16.0 Å². The van der Waals surface area contributed by atoms with Crippen molar-refractivity contribution < 1.29 is 9.90 Å². The average molecular weight is 256 g/mol. The second-order valence-electron chi connectivity index (χ2n) is 4.68. The highest BCUT2D eigenvalue weighted by Gasteiger charge is 2.09. The van der Waals surface area contributed by atoms with Crippen molar-refractivity contribution in [2.24, 2.45) is 0 Å². The highest BCUT2D eigenvalue weighted by atomic mass is 16.4. The molecule has 0 fully saturated rings. The maximum atomic E-state index is 10.8. The monoisotopic (exact) mass is 256 g/mol. The average Bonchev–Trinajstić information content (AvgIpc) is 2.26. The number of benzene rings is 1. The summed E-state index contributed by atoms with van der Waals surface area (Å²) in [5.74, 6) is -0.293. The van der Waals surface area contributed by atoms with Crippen molar-refractivity contribution in [1.82, 2.24) is 9.97 Å². The molecule has 0 amide bonds. The Morgan fingerprint density at radius 1 is 1.16 bits per heavy atom. The third-order valence-corrected chi connectivity index (χ3v) is 2.88. The molecule has 0 bridgehead atoms. The number of nitrogens with zero attached hydrogens (tertiary/aromatic N) is 2. The van der Waals surface area contributed by atoms with Crippen molar-refractivity contribution in [3.05, 3.63) is 46.9 Å². The molecule has 0 radical (unpaired) electrons. The molecule has 0 aliphatic heterocycles. The minimum Gasteiger partial charge on any atom is -0.481 e. The summed E-state index contributed by atoms with van der Waals surface area (Å²) in [4.78, 5) is 19.3. The van der Waals surface area contributed by atoms with Crippen LogP contribution in [-0.4, -0.2) is 21.0 Å². The topological polar surface area (TPSA) is 63.1 Å². The zero-order valence-corrected chi connectivity index (χ0v) is 11.3. The van der Waals surface area contributed by atoms with Gasteiger partial charge < -0.3 is 5.11 Å². The molecular weight excluding hydrogens is 240 g/mol. The summed E-state index contributed by atoms with van der Waals surface area (Å²) >= 11 is 0. The van der Waals surface area contributed by atoms with Gasteiger partial charge in [0.05, 0.1) is 17.8 Å². The van der Waals surface area contributed by atoms with Crippen LogP contribution < -0.4 is 0 Å². The zero-order valence-electron chi connectivity index (χ0n) is 11.3. The number of hydrogen-bond donors (Lipinski definition) is 1. The van der Waals surface area contributed by atoms with Crippen LogP contribution in [0, 0.1) is 20.8 Å². The van der Waals surface area contributed by atoms with Gasteiger partial charge in [0.25, 0.3) is 0 Å². The maximum Gasteiger partial charge on any atom is 0.309 e. The van der Waals surface area contributed by atoms with E-state index >= 15 is 0 Å². The molecule has 1 aromatic heterocycles. The molecule has 0 spiro atoms. The Morgan fingerprint density at radius 2 is 1.89 bits per heavy atom. The smallest absolute Gasteiger partial charge is 0.309 e. The Hall–Kier alpha value is -2.23. The summed E-state index contributed by atoms with van der Waals surface area (Å²) in [5.41, 5.74) is 4.65. The molecule has 19 heavy (non-hydrogen) atoms. The van der Waals surface area contributed by atoms with Crippen molar-refractivity contribution in [3.63, 3.8) is 0 Å². The quantitative estimate of drug-likeness (QED) is 0.917. The molecule has 0 aliphatic rings. The number of rotatable bonds is 3. The van der Waals surface area contributed by atoms with Crippen LogP contribution in [0.3, 0.4) is 0 Å². The molecule has 98 valence electrons. The lowest BCUT2D eigenvalue weighted by Gasteiger charge is -2.08. The first-order valence-electron chi connectivity index (χ1n) is 6.09. The molecule has 0 atom stereocenters. The van der Waals surface area contributed by atoms with E-state index < -0.39 is 5.97 Å². The zero-order chi connectivity index (χ0) is 14.0. The van der Waals surface area contributed by atoms with Gasteiger partial charge in [0.2, 0.25) is 0 Å². The van der Waals surface area contributed by atoms with Gasteiger partial charge in [-0.15, -0.1) is 0 Å². The number of carboxylic acid groups (broad SMARTS) is 1. The van der Waals surface area contributed by atoms with Gasteiger partial charge in [0.15, 0.2) is 0 Å². The van der Waals surface area contributed by atoms with Gasteiger partial charge in [-0.1, -0.05) is 23.8 Å². The normalized spacial score (nSPS) is 10.5. The first-order chi connectivity index (χ1) is 8.95. The number of aromatic nitrogens is 2. The van der Waals surface area contributed by atoms with Crippen LogP contribution in [0.25, 0.3) is 11.3 Å². The number of carbonyl (C=O) groups is 1. The molecule has 0 saturated carbocycles. The molecule has 1 aromatic carbocycles. The molecule has 4 nitrogen and oxygen atoms in total. The van der Waals surface area contributed by atoms with Crippen molar-refractivity contribution in [1.29, 1.82) is 0 Å². The molecule has 0 aliphatic carbocycles. The predicted octanol–water partition coefficient (Wildman–Crippen LogP) is 2.70. The minimum absolute atomic E-state index is 0.0821. The molecule has 1 N–H and O–H groups in total. The standard InChI is InChI=1S/C15H16N2O2/c1-9-4-5-13(10(2)6-9)14-7-12(8-15(18)19)16-11(3)17-14/h4-7H,8H2,1-3H3,(H,18,19). The Morgan fingerprint density at radius 3 is 2.53 bits per heavy atom. The van der Waals surface area contributed by atoms with Crippen LogP contribution >= 0.6 is 0 Å². The summed E-state index contributed by atoms with van der Waals surface area (Å²) in [7, 11) is 0. The van der Waals surface area contributed by atoms with Gasteiger partial charge in [-0.2, -0.15) is 0 Å². The van der Waals surface area contributed by atoms with E-state index in [-0.39, 0.29) is 6.42 Å². The van der Waals surface area contributed by atoms with E-state index in [1.807, 2.05) is 26.0 Å². The van der Waals surface area contributed by atoms with Crippen LogP contribution in [0.4, 0.5) is 0 Å². The molecule has 1 heterocycles. The van der Waals surface area contributed by atoms with Crippen molar-refractivity contribution in [2.45, 2.75) is 27.2 Å². The fourth-order valence-corrected chi connectivity index (χ4v) is 2.11. The third-order valence-electron chi connectivity index (χ3n) is 2.88. The summed E-state index contributed by atoms with van der Waals surface area (Å²) in [5, 5.41) is 8.85. The van der Waals surface area contributed by atoms with E-state index in [0.29, 0.717) is 11.5 Å². The Bertz CT molecular complexity index is 636. The number of aryl methyl sites for hydroxylation is 3. The predicted molar refractivity (Wildman–Crippen MR) is 73.0 cm³/mol. The first kappa shape index (κ1) is 13.2. The number of aliphatic carboxylic acids is 1. The fraction of sp³-hybridized carbons (Fsp3) is 0.267. The summed E-state index contributed by atoms with van der Waals surface area (Å²) < 4.78 is 0. The minimum atomic E-state index is -0.885. The third kappa shape index (κ3) is 3.16. The highest BCUT2D eigenvalue weighted by Crippen LogP contribution is 2.23. The lowest BCUT2D eigenvalue weighted by atomic mass is 10.0. The Kier molecular flexibility index (Phi) is 3.60. The Labute approximate surface area is 112 Å². The second-order valence-corrected chi connectivity index (χ2v) is 4.68. The van der Waals surface area contributed by atoms with Gasteiger partial charge in [-0.25, -0.2) is 9.97 Å². The van der Waals surface area contributed by atoms with E-state index in [0.717, 1.165) is 16.8 Å². The van der Waals surface area contributed by atoms with Gasteiger partial charge in [0.1, 0.15) is 5.82 Å². The van der Waals surface area contributed by atoms with Crippen molar-refractivity contribution in [2.75, 3.05) is 0 Å². The lowest BCUT2D eigenvalue weighted by Crippen LogP contribution is -2.05. The highest BCUT2D eigenvalue weighted by molar-refractivity contribution is 5.71. The van der Waals surface area contributed by atoms with Gasteiger partial charge in [-0.3, -0.25) is 4.79 Å². The fourth-order valence-electron chi connectivity index (χ4n) is 2.11. The van der Waals surface area contributed by atoms with E-state index in [9.17, 15) is 4.79 Å². The van der Waals surface area contributed by atoms with Crippen molar-refractivity contribution >= 4 is 5.97 Å².